The van der Waals surface area contributed by atoms with Crippen molar-refractivity contribution in [1.29, 1.82) is 0 Å². The zero-order valence-electron chi connectivity index (χ0n) is 20.3. The molecule has 1 aliphatic heterocycles. The fraction of sp³-hybridized carbons (Fsp3) is 0.192. The lowest BCUT2D eigenvalue weighted by atomic mass is 10.1. The van der Waals surface area contributed by atoms with Crippen molar-refractivity contribution in [3.05, 3.63) is 77.1 Å². The summed E-state index contributed by atoms with van der Waals surface area (Å²) in [6.07, 6.45) is 4.82. The van der Waals surface area contributed by atoms with Gasteiger partial charge >= 0.3 is 0 Å². The molecule has 2 N–H and O–H groups in total. The van der Waals surface area contributed by atoms with Gasteiger partial charge in [-0.3, -0.25) is 4.40 Å². The molecule has 13 heteroatoms. The summed E-state index contributed by atoms with van der Waals surface area (Å²) < 4.78 is 44.5. The number of phenols is 1. The molecule has 0 bridgehead atoms. The number of phenolic OH excluding ortho intramolecular Hbond substituents is 1. The fourth-order valence-corrected chi connectivity index (χ4v) is 7.06. The second-order valence-corrected chi connectivity index (χ2v) is 12.3. The summed E-state index contributed by atoms with van der Waals surface area (Å²) in [5.41, 5.74) is 1.55. The number of piperidine rings is 1. The number of rotatable bonds is 6. The predicted molar refractivity (Wildman–Crippen MR) is 148 cm³/mol. The van der Waals surface area contributed by atoms with Gasteiger partial charge in [0.25, 0.3) is 0 Å². The number of nitrogens with one attached hydrogen (secondary N) is 1. The van der Waals surface area contributed by atoms with E-state index in [-0.39, 0.29) is 23.0 Å². The first kappa shape index (κ1) is 25.7. The SMILES string of the molecule is O=S(=O)(c1ccc(Cl)cc1)N1CCC[C@@H](Nc2nccc(-c3c(-c4cccc(O)c4F)nc4sccn34)n2)C1. The Bertz CT molecular complexity index is 1770. The van der Waals surface area contributed by atoms with Crippen LogP contribution in [0.3, 0.4) is 0 Å². The maximum Gasteiger partial charge on any atom is 0.243 e. The molecule has 0 aliphatic carbocycles. The Morgan fingerprint density at radius 3 is 2.77 bits per heavy atom. The number of aromatic hydroxyl groups is 1. The Labute approximate surface area is 232 Å². The van der Waals surface area contributed by atoms with Gasteiger partial charge in [-0.2, -0.15) is 4.31 Å². The van der Waals surface area contributed by atoms with E-state index < -0.39 is 21.6 Å². The van der Waals surface area contributed by atoms with E-state index in [2.05, 4.69) is 20.3 Å². The number of benzene rings is 2. The molecule has 2 aromatic carbocycles. The first-order chi connectivity index (χ1) is 18.8. The van der Waals surface area contributed by atoms with Gasteiger partial charge in [0.05, 0.1) is 10.6 Å². The lowest BCUT2D eigenvalue weighted by molar-refractivity contribution is 0.326. The summed E-state index contributed by atoms with van der Waals surface area (Å²) in [6.45, 7) is 0.661. The number of sulfonamides is 1. The van der Waals surface area contributed by atoms with Crippen LogP contribution in [0.25, 0.3) is 27.6 Å². The number of nitrogens with zero attached hydrogens (tertiary/aromatic N) is 5. The van der Waals surface area contributed by atoms with Crippen molar-refractivity contribution >= 4 is 43.9 Å². The smallest absolute Gasteiger partial charge is 0.243 e. The van der Waals surface area contributed by atoms with E-state index in [9.17, 15) is 17.9 Å². The Hall–Kier alpha value is -3.58. The highest BCUT2D eigenvalue weighted by atomic mass is 35.5. The summed E-state index contributed by atoms with van der Waals surface area (Å²) in [4.78, 5) is 14.5. The number of thiazole rings is 1. The molecule has 1 atom stereocenters. The van der Waals surface area contributed by atoms with Crippen molar-refractivity contribution in [2.24, 2.45) is 0 Å². The third kappa shape index (κ3) is 4.84. The number of anilines is 1. The van der Waals surface area contributed by atoms with Crippen LogP contribution in [0, 0.1) is 5.82 Å². The van der Waals surface area contributed by atoms with Gasteiger partial charge < -0.3 is 10.4 Å². The van der Waals surface area contributed by atoms with Crippen LogP contribution in [0.4, 0.5) is 10.3 Å². The number of fused-ring (bicyclic) bond motifs is 1. The highest BCUT2D eigenvalue weighted by Gasteiger charge is 2.31. The van der Waals surface area contributed by atoms with E-state index in [4.69, 9.17) is 11.6 Å². The van der Waals surface area contributed by atoms with Crippen LogP contribution in [0.5, 0.6) is 5.75 Å². The highest BCUT2D eigenvalue weighted by molar-refractivity contribution is 7.89. The zero-order chi connectivity index (χ0) is 27.1. The topological polar surface area (TPSA) is 113 Å². The molecular formula is C26H22ClFN6O3S2. The Morgan fingerprint density at radius 2 is 1.95 bits per heavy atom. The van der Waals surface area contributed by atoms with E-state index >= 15 is 0 Å². The van der Waals surface area contributed by atoms with Gasteiger partial charge in [-0.15, -0.1) is 11.3 Å². The number of aromatic nitrogens is 4. The van der Waals surface area contributed by atoms with Gasteiger partial charge in [-0.1, -0.05) is 17.7 Å². The zero-order valence-corrected chi connectivity index (χ0v) is 22.7. The molecule has 0 saturated carbocycles. The van der Waals surface area contributed by atoms with Crippen LogP contribution < -0.4 is 5.32 Å². The van der Waals surface area contributed by atoms with Crippen molar-refractivity contribution in [3.63, 3.8) is 0 Å². The largest absolute Gasteiger partial charge is 0.505 e. The highest BCUT2D eigenvalue weighted by Crippen LogP contribution is 2.37. The van der Waals surface area contributed by atoms with Crippen molar-refractivity contribution < 1.29 is 17.9 Å². The van der Waals surface area contributed by atoms with Crippen molar-refractivity contribution in [3.8, 4) is 28.4 Å². The molecule has 0 amide bonds. The quantitative estimate of drug-likeness (QED) is 0.279. The Balaban J connectivity index is 1.29. The number of halogens is 2. The van der Waals surface area contributed by atoms with Gasteiger partial charge in [0.15, 0.2) is 16.5 Å². The average Bonchev–Trinajstić information content (AvgIpc) is 3.52. The summed E-state index contributed by atoms with van der Waals surface area (Å²) in [6, 6.07) is 12.0. The van der Waals surface area contributed by atoms with E-state index in [1.807, 2.05) is 16.0 Å². The van der Waals surface area contributed by atoms with E-state index in [0.717, 1.165) is 6.42 Å². The molecule has 9 nitrogen and oxygen atoms in total. The molecule has 39 heavy (non-hydrogen) atoms. The average molecular weight is 585 g/mol. The van der Waals surface area contributed by atoms with Crippen molar-refractivity contribution in [2.45, 2.75) is 23.8 Å². The van der Waals surface area contributed by atoms with Crippen LogP contribution in [-0.2, 0) is 10.0 Å². The summed E-state index contributed by atoms with van der Waals surface area (Å²) in [5, 5.41) is 15.6. The molecule has 1 aliphatic rings. The summed E-state index contributed by atoms with van der Waals surface area (Å²) >= 11 is 7.32. The number of imidazole rings is 1. The minimum absolute atomic E-state index is 0.157. The molecule has 1 saturated heterocycles. The second kappa shape index (κ2) is 10.2. The van der Waals surface area contributed by atoms with Gasteiger partial charge in [-0.05, 0) is 55.3 Å². The molecule has 200 valence electrons. The molecule has 3 aromatic heterocycles. The molecule has 0 spiro atoms. The monoisotopic (exact) mass is 584 g/mol. The minimum atomic E-state index is -3.68. The molecule has 4 heterocycles. The van der Waals surface area contributed by atoms with Crippen LogP contribution in [0.15, 0.2) is 71.2 Å². The van der Waals surface area contributed by atoms with Crippen LogP contribution in [0.2, 0.25) is 5.02 Å². The molecule has 5 aromatic rings. The summed E-state index contributed by atoms with van der Waals surface area (Å²) in [5.74, 6) is -0.910. The molecule has 0 radical (unpaired) electrons. The Morgan fingerprint density at radius 1 is 1.13 bits per heavy atom. The van der Waals surface area contributed by atoms with Crippen LogP contribution in [-0.4, -0.2) is 56.3 Å². The van der Waals surface area contributed by atoms with Crippen LogP contribution >= 0.6 is 22.9 Å². The van der Waals surface area contributed by atoms with Crippen molar-refractivity contribution in [2.75, 3.05) is 18.4 Å². The van der Waals surface area contributed by atoms with Gasteiger partial charge in [-0.25, -0.2) is 27.8 Å². The number of hydrogen-bond acceptors (Lipinski definition) is 8. The summed E-state index contributed by atoms with van der Waals surface area (Å²) in [7, 11) is -3.68. The standard InChI is InChI=1S/C26H22ClFN6O3S2/c27-16-6-8-18(9-7-16)39(36,37)33-12-2-3-17(15-33)30-25-29-11-10-20(31-25)24-23(32-26-34(24)13-14-38-26)19-4-1-5-21(35)22(19)28/h1,4-11,13-14,17,35H,2-3,12,15H2,(H,29,30,31)/t17-/m1/s1. The van der Waals surface area contributed by atoms with E-state index in [0.29, 0.717) is 46.0 Å². The maximum absolute atomic E-state index is 14.9. The third-order valence-electron chi connectivity index (χ3n) is 6.56. The third-order valence-corrected chi connectivity index (χ3v) is 9.45. The number of hydrogen-bond donors (Lipinski definition) is 2. The molecule has 1 fully saturated rings. The maximum atomic E-state index is 14.9. The van der Waals surface area contributed by atoms with Crippen molar-refractivity contribution in [1.82, 2.24) is 23.7 Å². The predicted octanol–water partition coefficient (Wildman–Crippen LogP) is 5.28. The second-order valence-electron chi connectivity index (χ2n) is 9.07. The minimum Gasteiger partial charge on any atom is -0.505 e. The van der Waals surface area contributed by atoms with Gasteiger partial charge in [0.2, 0.25) is 16.0 Å². The Kier molecular flexibility index (Phi) is 6.71. The molecular weight excluding hydrogens is 563 g/mol. The first-order valence-corrected chi connectivity index (χ1v) is 14.8. The molecule has 0 unspecified atom stereocenters. The van der Waals surface area contributed by atoms with Gasteiger partial charge in [0.1, 0.15) is 11.4 Å². The van der Waals surface area contributed by atoms with Crippen LogP contribution in [0.1, 0.15) is 12.8 Å². The fourth-order valence-electron chi connectivity index (χ4n) is 4.70. The normalized spacial score (nSPS) is 16.5. The first-order valence-electron chi connectivity index (χ1n) is 12.1. The van der Waals surface area contributed by atoms with E-state index in [1.165, 1.54) is 33.8 Å². The molecule has 6 rings (SSSR count). The lowest BCUT2D eigenvalue weighted by Gasteiger charge is -2.32. The lowest BCUT2D eigenvalue weighted by Crippen LogP contribution is -2.45. The van der Waals surface area contributed by atoms with E-state index in [1.54, 1.807) is 36.5 Å². The van der Waals surface area contributed by atoms with Gasteiger partial charge in [0, 0.05) is 47.5 Å².